The van der Waals surface area contributed by atoms with Gasteiger partial charge in [-0.05, 0) is 36.8 Å². The smallest absolute Gasteiger partial charge is 0.311 e. The van der Waals surface area contributed by atoms with Gasteiger partial charge in [0.25, 0.3) is 0 Å². The summed E-state index contributed by atoms with van der Waals surface area (Å²) in [5.74, 6) is -0.474. The van der Waals surface area contributed by atoms with E-state index in [4.69, 9.17) is 16.3 Å². The van der Waals surface area contributed by atoms with Crippen LogP contribution in [0.5, 0.6) is 0 Å². The molecule has 0 saturated heterocycles. The molecule has 0 aliphatic rings. The van der Waals surface area contributed by atoms with Crippen molar-refractivity contribution in [2.45, 2.75) is 32.2 Å². The number of nitrogens with zero attached hydrogens (tertiary/aromatic N) is 2. The Morgan fingerprint density at radius 1 is 1.24 bits per heavy atom. The van der Waals surface area contributed by atoms with Crippen LogP contribution in [0.3, 0.4) is 0 Å². The Morgan fingerprint density at radius 2 is 1.97 bits per heavy atom. The summed E-state index contributed by atoms with van der Waals surface area (Å²) < 4.78 is 6.97. The van der Waals surface area contributed by atoms with E-state index in [9.17, 15) is 9.59 Å². The number of benzene rings is 1. The average molecular weight is 432 g/mol. The van der Waals surface area contributed by atoms with E-state index in [1.165, 1.54) is 11.3 Å². The third-order valence-corrected chi connectivity index (χ3v) is 5.36. The number of thiazole rings is 1. The van der Waals surface area contributed by atoms with Crippen molar-refractivity contribution < 1.29 is 14.3 Å². The summed E-state index contributed by atoms with van der Waals surface area (Å²) in [5, 5.41) is 5.73. The number of aromatic nitrogens is 2. The topological polar surface area (TPSA) is 73.2 Å². The largest absolute Gasteiger partial charge is 0.466 e. The van der Waals surface area contributed by atoms with Crippen molar-refractivity contribution in [1.82, 2.24) is 9.55 Å². The highest BCUT2D eigenvalue weighted by Crippen LogP contribution is 2.25. The molecular weight excluding hydrogens is 410 g/mol. The molecule has 8 heteroatoms. The monoisotopic (exact) mass is 431 g/mol. The Hall–Kier alpha value is -2.64. The molecular formula is C21H22ClN3O3S. The number of ether oxygens (including phenoxy) is 1. The minimum atomic E-state index is -0.329. The van der Waals surface area contributed by atoms with E-state index in [1.54, 1.807) is 12.3 Å². The number of rotatable bonds is 9. The normalized spacial score (nSPS) is 11.8. The maximum atomic E-state index is 12.7. The molecule has 1 N–H and O–H groups in total. The lowest BCUT2D eigenvalue weighted by Gasteiger charge is -2.18. The van der Waals surface area contributed by atoms with Gasteiger partial charge < -0.3 is 14.6 Å². The highest BCUT2D eigenvalue weighted by Gasteiger charge is 2.18. The maximum absolute atomic E-state index is 12.7. The first-order chi connectivity index (χ1) is 14.0. The first kappa shape index (κ1) is 21.1. The van der Waals surface area contributed by atoms with Gasteiger partial charge in [-0.2, -0.15) is 0 Å². The highest BCUT2D eigenvalue weighted by atomic mass is 35.5. The molecule has 2 heterocycles. The molecule has 0 bridgehead atoms. The number of carbonyl (C=O) groups is 2. The fourth-order valence-electron chi connectivity index (χ4n) is 2.97. The van der Waals surface area contributed by atoms with Gasteiger partial charge in [-0.25, -0.2) is 4.98 Å². The summed E-state index contributed by atoms with van der Waals surface area (Å²) in [6, 6.07) is 11.5. The molecule has 0 aliphatic heterocycles. The minimum Gasteiger partial charge on any atom is -0.466 e. The van der Waals surface area contributed by atoms with E-state index in [0.29, 0.717) is 35.4 Å². The van der Waals surface area contributed by atoms with Crippen LogP contribution in [0.2, 0.25) is 5.02 Å². The van der Waals surface area contributed by atoms with Crippen LogP contribution >= 0.6 is 22.9 Å². The summed E-state index contributed by atoms with van der Waals surface area (Å²) in [4.78, 5) is 28.5. The van der Waals surface area contributed by atoms with Crippen LogP contribution in [0.4, 0.5) is 5.13 Å². The van der Waals surface area contributed by atoms with E-state index in [-0.39, 0.29) is 24.2 Å². The second-order valence-corrected chi connectivity index (χ2v) is 7.80. The third kappa shape index (κ3) is 6.44. The number of hydrogen-bond acceptors (Lipinski definition) is 5. The minimum absolute atomic E-state index is 0.0152. The molecule has 1 aromatic carbocycles. The summed E-state index contributed by atoms with van der Waals surface area (Å²) >= 11 is 7.30. The van der Waals surface area contributed by atoms with E-state index in [1.807, 2.05) is 53.4 Å². The number of anilines is 1. The van der Waals surface area contributed by atoms with Crippen molar-refractivity contribution in [2.75, 3.05) is 11.9 Å². The lowest BCUT2D eigenvalue weighted by Crippen LogP contribution is -2.18. The fourth-order valence-corrected chi connectivity index (χ4v) is 3.82. The van der Waals surface area contributed by atoms with Gasteiger partial charge in [0.2, 0.25) is 5.91 Å². The van der Waals surface area contributed by atoms with Gasteiger partial charge in [-0.1, -0.05) is 23.7 Å². The SMILES string of the molecule is CCOC(=O)Cc1csc(NC(=O)C[C@H](Cn2cccc2)c2ccc(Cl)cc2)n1. The molecule has 0 radical (unpaired) electrons. The van der Waals surface area contributed by atoms with Crippen molar-refractivity contribution in [3.63, 3.8) is 0 Å². The Bertz CT molecular complexity index is 939. The average Bonchev–Trinajstić information content (AvgIpc) is 3.34. The molecule has 3 aromatic rings. The number of hydrogen-bond donors (Lipinski definition) is 1. The molecule has 0 aliphatic carbocycles. The van der Waals surface area contributed by atoms with Gasteiger partial charge in [0, 0.05) is 41.7 Å². The molecule has 29 heavy (non-hydrogen) atoms. The van der Waals surface area contributed by atoms with Crippen LogP contribution < -0.4 is 5.32 Å². The van der Waals surface area contributed by atoms with Crippen LogP contribution in [0.25, 0.3) is 0 Å². The highest BCUT2D eigenvalue weighted by molar-refractivity contribution is 7.13. The lowest BCUT2D eigenvalue weighted by molar-refractivity contribution is -0.142. The van der Waals surface area contributed by atoms with Crippen LogP contribution in [-0.2, 0) is 27.3 Å². The summed E-state index contributed by atoms with van der Waals surface area (Å²) in [6.07, 6.45) is 4.35. The molecule has 0 saturated carbocycles. The molecule has 0 fully saturated rings. The van der Waals surface area contributed by atoms with Crippen LogP contribution in [-0.4, -0.2) is 28.0 Å². The van der Waals surface area contributed by atoms with E-state index < -0.39 is 0 Å². The summed E-state index contributed by atoms with van der Waals surface area (Å²) in [5.41, 5.74) is 1.63. The van der Waals surface area contributed by atoms with Gasteiger partial charge >= 0.3 is 5.97 Å². The quantitative estimate of drug-likeness (QED) is 0.505. The second kappa shape index (κ2) is 10.2. The fraction of sp³-hybridized carbons (Fsp3) is 0.286. The van der Waals surface area contributed by atoms with Crippen molar-refractivity contribution in [2.24, 2.45) is 0 Å². The van der Waals surface area contributed by atoms with Gasteiger partial charge in [0.05, 0.1) is 18.7 Å². The lowest BCUT2D eigenvalue weighted by atomic mass is 9.95. The number of amides is 1. The Labute approximate surface area is 178 Å². The predicted octanol–water partition coefficient (Wildman–Crippen LogP) is 4.52. The van der Waals surface area contributed by atoms with Crippen LogP contribution in [0, 0.1) is 0 Å². The van der Waals surface area contributed by atoms with Gasteiger partial charge in [-0.15, -0.1) is 11.3 Å². The molecule has 0 unspecified atom stereocenters. The first-order valence-corrected chi connectivity index (χ1v) is 10.6. The molecule has 3 rings (SSSR count). The van der Waals surface area contributed by atoms with Crippen LogP contribution in [0.1, 0.15) is 30.5 Å². The van der Waals surface area contributed by atoms with E-state index in [0.717, 1.165) is 5.56 Å². The Morgan fingerprint density at radius 3 is 2.66 bits per heavy atom. The molecule has 152 valence electrons. The van der Waals surface area contributed by atoms with Crippen molar-refractivity contribution in [3.8, 4) is 0 Å². The number of nitrogens with one attached hydrogen (secondary N) is 1. The maximum Gasteiger partial charge on any atom is 0.311 e. The number of esters is 1. The molecule has 0 spiro atoms. The third-order valence-electron chi connectivity index (χ3n) is 4.30. The standard InChI is InChI=1S/C21H22ClN3O3S/c1-2-28-20(27)12-18-14-29-21(23-18)24-19(26)11-16(13-25-9-3-4-10-25)15-5-7-17(22)8-6-15/h3-10,14,16H,2,11-13H2,1H3,(H,23,24,26)/t16-/m1/s1. The number of carbonyl (C=O) groups excluding carboxylic acids is 2. The summed E-state index contributed by atoms with van der Waals surface area (Å²) in [6.45, 7) is 2.77. The molecule has 1 atom stereocenters. The molecule has 2 aromatic heterocycles. The zero-order chi connectivity index (χ0) is 20.6. The molecule has 6 nitrogen and oxygen atoms in total. The predicted molar refractivity (Wildman–Crippen MR) is 114 cm³/mol. The zero-order valence-corrected chi connectivity index (χ0v) is 17.6. The Kier molecular flexibility index (Phi) is 7.43. The van der Waals surface area contributed by atoms with Gasteiger partial charge in [0.1, 0.15) is 0 Å². The van der Waals surface area contributed by atoms with E-state index in [2.05, 4.69) is 10.3 Å². The first-order valence-electron chi connectivity index (χ1n) is 9.29. The van der Waals surface area contributed by atoms with Crippen molar-refractivity contribution in [1.29, 1.82) is 0 Å². The number of halogens is 1. The van der Waals surface area contributed by atoms with Crippen LogP contribution in [0.15, 0.2) is 54.2 Å². The second-order valence-electron chi connectivity index (χ2n) is 6.51. The van der Waals surface area contributed by atoms with Crippen molar-refractivity contribution in [3.05, 3.63) is 70.5 Å². The molecule has 1 amide bonds. The van der Waals surface area contributed by atoms with Gasteiger partial charge in [0.15, 0.2) is 5.13 Å². The zero-order valence-electron chi connectivity index (χ0n) is 16.0. The Balaban J connectivity index is 1.64. The van der Waals surface area contributed by atoms with E-state index >= 15 is 0 Å². The van der Waals surface area contributed by atoms with Gasteiger partial charge in [-0.3, -0.25) is 9.59 Å². The van der Waals surface area contributed by atoms with Crippen molar-refractivity contribution >= 4 is 39.9 Å². The summed E-state index contributed by atoms with van der Waals surface area (Å²) in [7, 11) is 0.